The maximum Gasteiger partial charge on any atom is 0.303 e. The molecule has 3 rings (SSSR count). The molecule has 0 radical (unpaired) electrons. The Balaban J connectivity index is 1.44. The molecular weight excluding hydrogens is 404 g/mol. The van der Waals surface area contributed by atoms with E-state index in [0.29, 0.717) is 31.5 Å². The van der Waals surface area contributed by atoms with E-state index < -0.39 is 11.2 Å². The third kappa shape index (κ3) is 5.82. The van der Waals surface area contributed by atoms with Crippen molar-refractivity contribution in [3.63, 3.8) is 0 Å². The number of carbonyl (C=O) groups is 4. The lowest BCUT2D eigenvalue weighted by molar-refractivity contribution is -0.139. The van der Waals surface area contributed by atoms with Crippen molar-refractivity contribution < 1.29 is 24.3 Å². The van der Waals surface area contributed by atoms with Crippen molar-refractivity contribution in [2.75, 3.05) is 17.6 Å². The summed E-state index contributed by atoms with van der Waals surface area (Å²) in [6, 6.07) is 13.5. The Morgan fingerprint density at radius 2 is 1.83 bits per heavy atom. The summed E-state index contributed by atoms with van der Waals surface area (Å²) in [5.41, 5.74) is 0.691. The summed E-state index contributed by atoms with van der Waals surface area (Å²) in [6.45, 7) is 0.303. The van der Waals surface area contributed by atoms with Crippen molar-refractivity contribution in [1.29, 1.82) is 0 Å². The van der Waals surface area contributed by atoms with Crippen LogP contribution in [0.25, 0.3) is 10.8 Å². The van der Waals surface area contributed by atoms with E-state index in [9.17, 15) is 19.2 Å². The van der Waals surface area contributed by atoms with Crippen molar-refractivity contribution >= 4 is 51.9 Å². The summed E-state index contributed by atoms with van der Waals surface area (Å²) in [7, 11) is 0. The Morgan fingerprint density at radius 1 is 1.07 bits per heavy atom. The van der Waals surface area contributed by atoms with Gasteiger partial charge in [-0.05, 0) is 35.7 Å². The molecule has 2 aromatic carbocycles. The van der Waals surface area contributed by atoms with Gasteiger partial charge in [0.1, 0.15) is 0 Å². The van der Waals surface area contributed by atoms with Gasteiger partial charge in [0.2, 0.25) is 17.7 Å². The van der Waals surface area contributed by atoms with Gasteiger partial charge in [0.15, 0.2) is 0 Å². The van der Waals surface area contributed by atoms with Gasteiger partial charge in [0, 0.05) is 25.1 Å². The predicted molar refractivity (Wildman–Crippen MR) is 116 cm³/mol. The molecule has 3 amide bonds. The van der Waals surface area contributed by atoms with Crippen LogP contribution in [0.15, 0.2) is 42.5 Å². The highest BCUT2D eigenvalue weighted by molar-refractivity contribution is 8.01. The summed E-state index contributed by atoms with van der Waals surface area (Å²) in [6.07, 6.45) is 1.95. The number of carboxylic acid groups (broad SMARTS) is 1. The molecule has 2 aromatic rings. The molecule has 1 aliphatic rings. The average molecular weight is 429 g/mol. The Morgan fingerprint density at radius 3 is 2.60 bits per heavy atom. The van der Waals surface area contributed by atoms with E-state index in [1.807, 2.05) is 42.5 Å². The minimum atomic E-state index is -0.846. The fourth-order valence-electron chi connectivity index (χ4n) is 3.38. The second kappa shape index (κ2) is 10.2. The molecule has 0 spiro atoms. The Labute approximate surface area is 178 Å². The Hall–Kier alpha value is -2.87. The number of thioether (sulfide) groups is 1. The number of nitrogens with zero attached hydrogens (tertiary/aromatic N) is 1. The smallest absolute Gasteiger partial charge is 0.303 e. The van der Waals surface area contributed by atoms with E-state index in [1.54, 1.807) is 0 Å². The van der Waals surface area contributed by atoms with Crippen LogP contribution in [0.4, 0.5) is 5.69 Å². The van der Waals surface area contributed by atoms with Crippen LogP contribution in [-0.4, -0.2) is 51.2 Å². The molecule has 7 nitrogen and oxygen atoms in total. The van der Waals surface area contributed by atoms with Crippen molar-refractivity contribution in [2.24, 2.45) is 0 Å². The number of fused-ring (bicyclic) bond motifs is 1. The first-order valence-electron chi connectivity index (χ1n) is 9.90. The van der Waals surface area contributed by atoms with Crippen molar-refractivity contribution in [3.8, 4) is 0 Å². The maximum absolute atomic E-state index is 12.5. The highest BCUT2D eigenvalue weighted by Gasteiger charge is 2.38. The first kappa shape index (κ1) is 21.8. The summed E-state index contributed by atoms with van der Waals surface area (Å²) in [4.78, 5) is 48.6. The molecule has 0 saturated carbocycles. The lowest BCUT2D eigenvalue weighted by atomic mass is 10.1. The largest absolute Gasteiger partial charge is 0.481 e. The number of aliphatic carboxylic acids is 1. The first-order valence-corrected chi connectivity index (χ1v) is 10.9. The van der Waals surface area contributed by atoms with Crippen molar-refractivity contribution in [1.82, 2.24) is 4.90 Å². The van der Waals surface area contributed by atoms with Gasteiger partial charge in [-0.15, -0.1) is 11.8 Å². The number of imide groups is 1. The van der Waals surface area contributed by atoms with E-state index >= 15 is 0 Å². The predicted octanol–water partition coefficient (Wildman–Crippen LogP) is 3.28. The SMILES string of the molecule is O=C(O)CCCCCN1C(=O)C[C@@H](SCC(=O)Nc2ccc3ccccc3c2)C1=O. The molecule has 1 atom stereocenters. The van der Waals surface area contributed by atoms with E-state index in [4.69, 9.17) is 5.11 Å². The van der Waals surface area contributed by atoms with Gasteiger partial charge >= 0.3 is 5.97 Å². The zero-order valence-corrected chi connectivity index (χ0v) is 17.3. The minimum absolute atomic E-state index is 0.0863. The van der Waals surface area contributed by atoms with Crippen LogP contribution in [-0.2, 0) is 19.2 Å². The number of amides is 3. The number of benzene rings is 2. The highest BCUT2D eigenvalue weighted by Crippen LogP contribution is 2.26. The summed E-state index contributed by atoms with van der Waals surface area (Å²) in [5.74, 6) is -1.47. The topological polar surface area (TPSA) is 104 Å². The number of likely N-dealkylation sites (tertiary alicyclic amines) is 1. The maximum atomic E-state index is 12.5. The zero-order chi connectivity index (χ0) is 21.5. The normalized spacial score (nSPS) is 16.3. The van der Waals surface area contributed by atoms with Gasteiger partial charge in [-0.25, -0.2) is 0 Å². The molecule has 1 aliphatic heterocycles. The minimum Gasteiger partial charge on any atom is -0.481 e. The molecule has 30 heavy (non-hydrogen) atoms. The number of hydrogen-bond donors (Lipinski definition) is 2. The fourth-order valence-corrected chi connectivity index (χ4v) is 4.34. The van der Waals surface area contributed by atoms with Crippen LogP contribution in [0.2, 0.25) is 0 Å². The molecule has 0 bridgehead atoms. The quantitative estimate of drug-likeness (QED) is 0.445. The number of rotatable bonds is 10. The highest BCUT2D eigenvalue weighted by atomic mass is 32.2. The molecule has 2 N–H and O–H groups in total. The molecule has 8 heteroatoms. The average Bonchev–Trinajstić information content (AvgIpc) is 2.99. The number of carboxylic acids is 1. The van der Waals surface area contributed by atoms with Crippen molar-refractivity contribution in [3.05, 3.63) is 42.5 Å². The first-order chi connectivity index (χ1) is 14.4. The Kier molecular flexibility index (Phi) is 7.46. The molecule has 1 fully saturated rings. The van der Waals surface area contributed by atoms with Crippen LogP contribution in [0.1, 0.15) is 32.1 Å². The van der Waals surface area contributed by atoms with Gasteiger partial charge in [0.25, 0.3) is 0 Å². The van der Waals surface area contributed by atoms with Crippen LogP contribution in [0.3, 0.4) is 0 Å². The van der Waals surface area contributed by atoms with Gasteiger partial charge in [-0.2, -0.15) is 0 Å². The van der Waals surface area contributed by atoms with Crippen LogP contribution < -0.4 is 5.32 Å². The second-order valence-electron chi connectivity index (χ2n) is 7.20. The molecule has 1 saturated heterocycles. The lowest BCUT2D eigenvalue weighted by Crippen LogP contribution is -2.32. The van der Waals surface area contributed by atoms with E-state index in [2.05, 4.69) is 5.32 Å². The van der Waals surface area contributed by atoms with Crippen LogP contribution in [0, 0.1) is 0 Å². The standard InChI is InChI=1S/C22H24N2O5S/c25-19(23-17-10-9-15-6-3-4-7-16(15)12-17)14-30-18-13-20(26)24(22(18)29)11-5-1-2-8-21(27)28/h3-4,6-7,9-10,12,18H,1-2,5,8,11,13-14H2,(H,23,25)(H,27,28)/t18-/m1/s1. The van der Waals surface area contributed by atoms with Gasteiger partial charge in [0.05, 0.1) is 11.0 Å². The van der Waals surface area contributed by atoms with E-state index in [-0.39, 0.29) is 36.3 Å². The Bertz CT molecular complexity index is 961. The molecular formula is C22H24N2O5S. The summed E-state index contributed by atoms with van der Waals surface area (Å²) < 4.78 is 0. The molecule has 158 valence electrons. The van der Waals surface area contributed by atoms with E-state index in [1.165, 1.54) is 16.7 Å². The van der Waals surface area contributed by atoms with Gasteiger partial charge in [-0.3, -0.25) is 24.1 Å². The van der Waals surface area contributed by atoms with Crippen molar-refractivity contribution in [2.45, 2.75) is 37.4 Å². The number of carbonyl (C=O) groups excluding carboxylic acids is 3. The lowest BCUT2D eigenvalue weighted by Gasteiger charge is -2.14. The second-order valence-corrected chi connectivity index (χ2v) is 8.39. The fraction of sp³-hybridized carbons (Fsp3) is 0.364. The third-order valence-corrected chi connectivity index (χ3v) is 6.12. The number of hydrogen-bond acceptors (Lipinski definition) is 5. The van der Waals surface area contributed by atoms with E-state index in [0.717, 1.165) is 10.8 Å². The zero-order valence-electron chi connectivity index (χ0n) is 16.5. The van der Waals surface area contributed by atoms with Crippen LogP contribution in [0.5, 0.6) is 0 Å². The number of nitrogens with one attached hydrogen (secondary N) is 1. The van der Waals surface area contributed by atoms with Gasteiger partial charge in [-0.1, -0.05) is 36.8 Å². The number of anilines is 1. The number of unbranched alkanes of at least 4 members (excludes halogenated alkanes) is 2. The third-order valence-electron chi connectivity index (χ3n) is 4.92. The molecule has 0 aliphatic carbocycles. The molecule has 0 aromatic heterocycles. The summed E-state index contributed by atoms with van der Waals surface area (Å²) in [5, 5.41) is 13.0. The summed E-state index contributed by atoms with van der Waals surface area (Å²) >= 11 is 1.18. The van der Waals surface area contributed by atoms with Crippen LogP contribution >= 0.6 is 11.8 Å². The molecule has 0 unspecified atom stereocenters. The van der Waals surface area contributed by atoms with Gasteiger partial charge < -0.3 is 10.4 Å². The monoisotopic (exact) mass is 428 g/mol. The molecule has 1 heterocycles.